The molecular formula is C7H5BrClN3. The molecule has 0 aliphatic rings. The van der Waals surface area contributed by atoms with Gasteiger partial charge in [-0.3, -0.25) is 0 Å². The highest BCUT2D eigenvalue weighted by Gasteiger charge is 2.04. The van der Waals surface area contributed by atoms with Gasteiger partial charge in [0.2, 0.25) is 4.73 Å². The molecule has 0 atom stereocenters. The quantitative estimate of drug-likeness (QED) is 0.715. The minimum atomic E-state index is 0.551. The molecule has 2 rings (SSSR count). The van der Waals surface area contributed by atoms with Gasteiger partial charge in [0, 0.05) is 6.20 Å². The summed E-state index contributed by atoms with van der Waals surface area (Å²) in [6.07, 6.45) is 1.87. The van der Waals surface area contributed by atoms with E-state index in [1.54, 1.807) is 4.52 Å². The van der Waals surface area contributed by atoms with Gasteiger partial charge in [-0.2, -0.15) is 4.98 Å². The second-order valence-corrected chi connectivity index (χ2v) is 3.63. The number of aromatic nitrogens is 3. The van der Waals surface area contributed by atoms with E-state index in [2.05, 4.69) is 26.0 Å². The van der Waals surface area contributed by atoms with Crippen LogP contribution < -0.4 is 0 Å². The molecule has 2 heterocycles. The maximum absolute atomic E-state index is 5.93. The van der Waals surface area contributed by atoms with Crippen LogP contribution in [0.2, 0.25) is 5.02 Å². The van der Waals surface area contributed by atoms with Gasteiger partial charge in [0.25, 0.3) is 0 Å². The second kappa shape index (κ2) is 2.71. The number of pyridine rings is 1. The molecule has 0 N–H and O–H groups in total. The van der Waals surface area contributed by atoms with Crippen LogP contribution >= 0.6 is 27.5 Å². The Balaban J connectivity index is 2.88. The lowest BCUT2D eigenvalue weighted by Crippen LogP contribution is -1.88. The molecule has 5 heteroatoms. The lowest BCUT2D eigenvalue weighted by molar-refractivity contribution is 0.937. The van der Waals surface area contributed by atoms with Crippen molar-refractivity contribution in [3.63, 3.8) is 0 Å². The molecule has 0 amide bonds. The minimum Gasteiger partial charge on any atom is -0.218 e. The monoisotopic (exact) mass is 245 g/mol. The van der Waals surface area contributed by atoms with Gasteiger partial charge in [0.1, 0.15) is 0 Å². The summed E-state index contributed by atoms with van der Waals surface area (Å²) in [5, 5.41) is 4.69. The highest BCUT2D eigenvalue weighted by molar-refractivity contribution is 9.10. The van der Waals surface area contributed by atoms with Crippen LogP contribution in [0, 0.1) is 6.92 Å². The number of fused-ring (bicyclic) bond motifs is 1. The Morgan fingerprint density at radius 3 is 3.08 bits per heavy atom. The maximum atomic E-state index is 5.93. The van der Waals surface area contributed by atoms with Crippen molar-refractivity contribution in [2.45, 2.75) is 6.92 Å². The fourth-order valence-electron chi connectivity index (χ4n) is 1.04. The van der Waals surface area contributed by atoms with E-state index in [-0.39, 0.29) is 0 Å². The molecule has 0 aliphatic heterocycles. The van der Waals surface area contributed by atoms with E-state index >= 15 is 0 Å². The van der Waals surface area contributed by atoms with Crippen LogP contribution in [0.3, 0.4) is 0 Å². The fourth-order valence-corrected chi connectivity index (χ4v) is 1.68. The Morgan fingerprint density at radius 1 is 1.58 bits per heavy atom. The SMILES string of the molecule is Cc1cc(Cl)c2nc(Br)nn2c1. The van der Waals surface area contributed by atoms with E-state index in [1.165, 1.54) is 0 Å². The number of halogens is 2. The third-order valence-corrected chi connectivity index (χ3v) is 2.11. The molecule has 0 saturated heterocycles. The van der Waals surface area contributed by atoms with Crippen molar-refractivity contribution in [1.82, 2.24) is 14.6 Å². The van der Waals surface area contributed by atoms with Crippen molar-refractivity contribution in [3.8, 4) is 0 Å². The number of nitrogens with zero attached hydrogens (tertiary/aromatic N) is 3. The summed E-state index contributed by atoms with van der Waals surface area (Å²) >= 11 is 9.11. The van der Waals surface area contributed by atoms with E-state index in [1.807, 2.05) is 19.2 Å². The first kappa shape index (κ1) is 8.01. The normalized spacial score (nSPS) is 10.9. The number of hydrogen-bond donors (Lipinski definition) is 0. The lowest BCUT2D eigenvalue weighted by Gasteiger charge is -1.95. The Labute approximate surface area is 82.5 Å². The average molecular weight is 246 g/mol. The summed E-state index contributed by atoms with van der Waals surface area (Å²) in [5.41, 5.74) is 1.74. The zero-order valence-electron chi connectivity index (χ0n) is 6.25. The highest BCUT2D eigenvalue weighted by atomic mass is 79.9. The molecule has 3 nitrogen and oxygen atoms in total. The van der Waals surface area contributed by atoms with Gasteiger partial charge in [0.05, 0.1) is 5.02 Å². The van der Waals surface area contributed by atoms with E-state index in [9.17, 15) is 0 Å². The van der Waals surface area contributed by atoms with Crippen LogP contribution in [0.25, 0.3) is 5.65 Å². The molecule has 0 unspecified atom stereocenters. The van der Waals surface area contributed by atoms with Crippen LogP contribution in [0.1, 0.15) is 5.56 Å². The van der Waals surface area contributed by atoms with Crippen LogP contribution in [0.4, 0.5) is 0 Å². The minimum absolute atomic E-state index is 0.551. The molecule has 0 radical (unpaired) electrons. The first-order valence-electron chi connectivity index (χ1n) is 3.35. The Bertz CT molecular complexity index is 437. The van der Waals surface area contributed by atoms with Crippen LogP contribution in [-0.4, -0.2) is 14.6 Å². The van der Waals surface area contributed by atoms with Crippen molar-refractivity contribution >= 4 is 33.2 Å². The summed E-state index contributed by atoms with van der Waals surface area (Å²) < 4.78 is 2.21. The van der Waals surface area contributed by atoms with Crippen LogP contribution in [0.5, 0.6) is 0 Å². The zero-order valence-corrected chi connectivity index (χ0v) is 8.59. The van der Waals surface area contributed by atoms with Crippen molar-refractivity contribution in [2.75, 3.05) is 0 Å². The van der Waals surface area contributed by atoms with Gasteiger partial charge >= 0.3 is 0 Å². The maximum Gasteiger partial charge on any atom is 0.218 e. The predicted octanol–water partition coefficient (Wildman–Crippen LogP) is 2.45. The van der Waals surface area contributed by atoms with E-state index in [0.29, 0.717) is 15.4 Å². The summed E-state index contributed by atoms with van der Waals surface area (Å²) in [7, 11) is 0. The molecule has 0 aliphatic carbocycles. The molecular weight excluding hydrogens is 241 g/mol. The van der Waals surface area contributed by atoms with Gasteiger partial charge in [-0.1, -0.05) is 11.6 Å². The van der Waals surface area contributed by atoms with Gasteiger partial charge in [0.15, 0.2) is 5.65 Å². The Hall–Kier alpha value is -0.610. The van der Waals surface area contributed by atoms with Crippen molar-refractivity contribution in [3.05, 3.63) is 27.6 Å². The fraction of sp³-hybridized carbons (Fsp3) is 0.143. The van der Waals surface area contributed by atoms with E-state index in [0.717, 1.165) is 5.56 Å². The summed E-state index contributed by atoms with van der Waals surface area (Å²) in [4.78, 5) is 4.09. The van der Waals surface area contributed by atoms with Gasteiger partial charge in [-0.25, -0.2) is 4.52 Å². The summed E-state index contributed by atoms with van der Waals surface area (Å²) in [5.74, 6) is 0. The molecule has 0 spiro atoms. The molecule has 0 bridgehead atoms. The largest absolute Gasteiger partial charge is 0.218 e. The number of aryl methyl sites for hydroxylation is 1. The van der Waals surface area contributed by atoms with Gasteiger partial charge in [-0.15, -0.1) is 5.10 Å². The topological polar surface area (TPSA) is 30.2 Å². The molecule has 0 saturated carbocycles. The number of rotatable bonds is 0. The average Bonchev–Trinajstić information content (AvgIpc) is 2.29. The summed E-state index contributed by atoms with van der Waals surface area (Å²) in [6.45, 7) is 1.96. The summed E-state index contributed by atoms with van der Waals surface area (Å²) in [6, 6.07) is 1.86. The van der Waals surface area contributed by atoms with Crippen LogP contribution in [0.15, 0.2) is 17.0 Å². The molecule has 12 heavy (non-hydrogen) atoms. The van der Waals surface area contributed by atoms with Crippen molar-refractivity contribution < 1.29 is 0 Å². The first-order valence-corrected chi connectivity index (χ1v) is 4.52. The molecule has 2 aromatic heterocycles. The van der Waals surface area contributed by atoms with E-state index < -0.39 is 0 Å². The zero-order chi connectivity index (χ0) is 8.72. The van der Waals surface area contributed by atoms with Gasteiger partial charge < -0.3 is 0 Å². The van der Waals surface area contributed by atoms with Crippen molar-refractivity contribution in [2.24, 2.45) is 0 Å². The highest BCUT2D eigenvalue weighted by Crippen LogP contribution is 2.18. The van der Waals surface area contributed by atoms with Crippen LogP contribution in [-0.2, 0) is 0 Å². The van der Waals surface area contributed by atoms with Crippen molar-refractivity contribution in [1.29, 1.82) is 0 Å². The second-order valence-electron chi connectivity index (χ2n) is 2.51. The molecule has 2 aromatic rings. The Morgan fingerprint density at radius 2 is 2.33 bits per heavy atom. The lowest BCUT2D eigenvalue weighted by atomic mass is 10.3. The smallest absolute Gasteiger partial charge is 0.218 e. The Kier molecular flexibility index (Phi) is 1.81. The van der Waals surface area contributed by atoms with Gasteiger partial charge in [-0.05, 0) is 34.5 Å². The number of hydrogen-bond acceptors (Lipinski definition) is 2. The third-order valence-electron chi connectivity index (χ3n) is 1.50. The molecule has 0 aromatic carbocycles. The predicted molar refractivity (Wildman–Crippen MR) is 50.4 cm³/mol. The third kappa shape index (κ3) is 1.21. The first-order chi connectivity index (χ1) is 5.66. The molecule has 0 fully saturated rings. The standard InChI is InChI=1S/C7H5BrClN3/c1-4-2-5(9)6-10-7(8)11-12(6)3-4/h2-3H,1H3. The van der Waals surface area contributed by atoms with E-state index in [4.69, 9.17) is 11.6 Å². The molecule has 62 valence electrons.